The smallest absolute Gasteiger partial charge is 0.251 e. The van der Waals surface area contributed by atoms with Gasteiger partial charge in [0.15, 0.2) is 0 Å². The Hall–Kier alpha value is -3.65. The topological polar surface area (TPSA) is 88.5 Å². The Morgan fingerprint density at radius 2 is 1.94 bits per heavy atom. The first-order chi connectivity index (χ1) is 16.6. The third-order valence-electron chi connectivity index (χ3n) is 6.08. The van der Waals surface area contributed by atoms with Crippen LogP contribution in [-0.2, 0) is 11.3 Å². The second kappa shape index (κ2) is 11.5. The van der Waals surface area contributed by atoms with E-state index in [1.165, 1.54) is 0 Å². The van der Waals surface area contributed by atoms with Crippen molar-refractivity contribution in [3.63, 3.8) is 0 Å². The summed E-state index contributed by atoms with van der Waals surface area (Å²) in [5, 5.41) is 5.96. The number of amides is 2. The molecule has 1 unspecified atom stereocenters. The molecule has 1 aromatic heterocycles. The number of hydrogen-bond donors (Lipinski definition) is 2. The number of rotatable bonds is 10. The minimum Gasteiger partial charge on any atom is -0.497 e. The quantitative estimate of drug-likeness (QED) is 0.483. The fourth-order valence-corrected chi connectivity index (χ4v) is 4.26. The highest BCUT2D eigenvalue weighted by Gasteiger charge is 2.24. The van der Waals surface area contributed by atoms with Crippen molar-refractivity contribution in [1.29, 1.82) is 0 Å². The fourth-order valence-electron chi connectivity index (χ4n) is 4.26. The van der Waals surface area contributed by atoms with E-state index < -0.39 is 0 Å². The van der Waals surface area contributed by atoms with E-state index >= 15 is 0 Å². The van der Waals surface area contributed by atoms with E-state index in [0.717, 1.165) is 37.2 Å². The van der Waals surface area contributed by atoms with Crippen LogP contribution in [0.2, 0.25) is 0 Å². The predicted molar refractivity (Wildman–Crippen MR) is 131 cm³/mol. The van der Waals surface area contributed by atoms with Crippen LogP contribution in [0.15, 0.2) is 67.3 Å². The maximum absolute atomic E-state index is 13.0. The number of benzene rings is 2. The molecule has 1 saturated heterocycles. The number of ether oxygens (including phenoxy) is 1. The zero-order chi connectivity index (χ0) is 23.8. The Morgan fingerprint density at radius 1 is 1.12 bits per heavy atom. The van der Waals surface area contributed by atoms with Crippen molar-refractivity contribution in [2.75, 3.05) is 32.1 Å². The van der Waals surface area contributed by atoms with Crippen LogP contribution >= 0.6 is 0 Å². The molecule has 178 valence electrons. The van der Waals surface area contributed by atoms with Gasteiger partial charge in [0.25, 0.3) is 5.91 Å². The number of likely N-dealkylation sites (tertiary alicyclic amines) is 1. The third kappa shape index (κ3) is 6.23. The molecule has 1 atom stereocenters. The largest absolute Gasteiger partial charge is 0.497 e. The number of carbonyl (C=O) groups excluding carboxylic acids is 2. The van der Waals surface area contributed by atoms with Gasteiger partial charge >= 0.3 is 0 Å². The number of anilines is 1. The number of carbonyl (C=O) groups is 2. The first-order valence-electron chi connectivity index (χ1n) is 11.6. The number of hydrogen-bond acceptors (Lipinski definition) is 5. The summed E-state index contributed by atoms with van der Waals surface area (Å²) < 4.78 is 7.25. The van der Waals surface area contributed by atoms with Crippen LogP contribution in [0.3, 0.4) is 0 Å². The maximum Gasteiger partial charge on any atom is 0.251 e. The normalized spacial score (nSPS) is 14.5. The lowest BCUT2D eigenvalue weighted by Crippen LogP contribution is -2.36. The molecule has 2 heterocycles. The van der Waals surface area contributed by atoms with Crippen LogP contribution in [0, 0.1) is 0 Å². The lowest BCUT2D eigenvalue weighted by atomic mass is 10.0. The molecule has 0 spiro atoms. The number of methoxy groups -OCH3 is 1. The summed E-state index contributed by atoms with van der Waals surface area (Å²) in [6.45, 7) is 3.07. The van der Waals surface area contributed by atoms with Gasteiger partial charge in [-0.3, -0.25) is 14.5 Å². The SMILES string of the molecule is COc1cccc(C(CNC(=O)c2cccc(NC(=O)CCn3ccnc3)c2)N2CCCC2)c1. The second-order valence-electron chi connectivity index (χ2n) is 8.43. The van der Waals surface area contributed by atoms with Crippen molar-refractivity contribution in [3.8, 4) is 5.75 Å². The first kappa shape index (κ1) is 23.5. The van der Waals surface area contributed by atoms with Gasteiger partial charge in [0.1, 0.15) is 5.75 Å². The minimum absolute atomic E-state index is 0.0765. The average molecular weight is 462 g/mol. The molecule has 4 rings (SSSR count). The van der Waals surface area contributed by atoms with Gasteiger partial charge in [0, 0.05) is 43.2 Å². The summed E-state index contributed by atoms with van der Waals surface area (Å²) in [5.74, 6) is 0.532. The van der Waals surface area contributed by atoms with E-state index in [4.69, 9.17) is 4.74 Å². The van der Waals surface area contributed by atoms with Gasteiger partial charge in [0.2, 0.25) is 5.91 Å². The number of aryl methyl sites for hydroxylation is 1. The predicted octanol–water partition coefficient (Wildman–Crippen LogP) is 3.49. The van der Waals surface area contributed by atoms with Gasteiger partial charge in [-0.25, -0.2) is 4.98 Å². The highest BCUT2D eigenvalue weighted by molar-refractivity contribution is 5.97. The Kier molecular flexibility index (Phi) is 7.93. The molecule has 34 heavy (non-hydrogen) atoms. The van der Waals surface area contributed by atoms with E-state index in [2.05, 4.69) is 26.6 Å². The van der Waals surface area contributed by atoms with Crippen LogP contribution in [0.1, 0.15) is 41.2 Å². The van der Waals surface area contributed by atoms with Crippen molar-refractivity contribution >= 4 is 17.5 Å². The molecule has 0 aliphatic carbocycles. The van der Waals surface area contributed by atoms with Crippen molar-refractivity contribution in [1.82, 2.24) is 19.8 Å². The third-order valence-corrected chi connectivity index (χ3v) is 6.08. The summed E-state index contributed by atoms with van der Waals surface area (Å²) >= 11 is 0. The molecule has 8 nitrogen and oxygen atoms in total. The van der Waals surface area contributed by atoms with Gasteiger partial charge in [-0.2, -0.15) is 0 Å². The molecule has 2 N–H and O–H groups in total. The zero-order valence-electron chi connectivity index (χ0n) is 19.4. The maximum atomic E-state index is 13.0. The monoisotopic (exact) mass is 461 g/mol. The Morgan fingerprint density at radius 3 is 2.71 bits per heavy atom. The van der Waals surface area contributed by atoms with Gasteiger partial charge in [0.05, 0.1) is 19.5 Å². The number of nitrogens with one attached hydrogen (secondary N) is 2. The van der Waals surface area contributed by atoms with Crippen molar-refractivity contribution in [3.05, 3.63) is 78.4 Å². The van der Waals surface area contributed by atoms with Crippen LogP contribution in [0.5, 0.6) is 5.75 Å². The lowest BCUT2D eigenvalue weighted by Gasteiger charge is -2.28. The van der Waals surface area contributed by atoms with Crippen LogP contribution in [-0.4, -0.2) is 53.0 Å². The Bertz CT molecular complexity index is 1090. The molecule has 8 heteroatoms. The Balaban J connectivity index is 1.37. The van der Waals surface area contributed by atoms with Gasteiger partial charge < -0.3 is 19.9 Å². The molecule has 0 saturated carbocycles. The lowest BCUT2D eigenvalue weighted by molar-refractivity contribution is -0.116. The van der Waals surface area contributed by atoms with Crippen LogP contribution in [0.4, 0.5) is 5.69 Å². The molecule has 2 amide bonds. The molecule has 2 aromatic carbocycles. The van der Waals surface area contributed by atoms with E-state index in [1.54, 1.807) is 43.9 Å². The van der Waals surface area contributed by atoms with Crippen LogP contribution < -0.4 is 15.4 Å². The van der Waals surface area contributed by atoms with Crippen LogP contribution in [0.25, 0.3) is 0 Å². The molecule has 0 radical (unpaired) electrons. The summed E-state index contributed by atoms with van der Waals surface area (Å²) in [5.41, 5.74) is 2.24. The van der Waals surface area contributed by atoms with E-state index in [9.17, 15) is 9.59 Å². The molecular weight excluding hydrogens is 430 g/mol. The molecular formula is C26H31N5O3. The molecule has 1 fully saturated rings. The fraction of sp³-hybridized carbons (Fsp3) is 0.346. The highest BCUT2D eigenvalue weighted by atomic mass is 16.5. The van der Waals surface area contributed by atoms with E-state index in [-0.39, 0.29) is 17.9 Å². The van der Waals surface area contributed by atoms with E-state index in [1.807, 2.05) is 29.0 Å². The molecule has 1 aliphatic rings. The first-order valence-corrected chi connectivity index (χ1v) is 11.6. The molecule has 3 aromatic rings. The summed E-state index contributed by atoms with van der Waals surface area (Å²) in [6.07, 6.45) is 7.83. The molecule has 0 bridgehead atoms. The van der Waals surface area contributed by atoms with Gasteiger partial charge in [-0.15, -0.1) is 0 Å². The van der Waals surface area contributed by atoms with Crippen molar-refractivity contribution in [2.24, 2.45) is 0 Å². The second-order valence-corrected chi connectivity index (χ2v) is 8.43. The van der Waals surface area contributed by atoms with Crippen molar-refractivity contribution in [2.45, 2.75) is 31.8 Å². The number of nitrogens with zero attached hydrogens (tertiary/aromatic N) is 3. The van der Waals surface area contributed by atoms with Gasteiger partial charge in [-0.1, -0.05) is 18.2 Å². The summed E-state index contributed by atoms with van der Waals surface area (Å²) in [4.78, 5) is 31.6. The Labute approximate surface area is 199 Å². The van der Waals surface area contributed by atoms with Gasteiger partial charge in [-0.05, 0) is 61.8 Å². The standard InChI is InChI=1S/C26H31N5O3/c1-34-23-9-5-6-20(17-23)24(31-12-2-3-13-31)18-28-26(33)21-7-4-8-22(16-21)29-25(32)10-14-30-15-11-27-19-30/h4-9,11,15-17,19,24H,2-3,10,12-14,18H2,1H3,(H,28,33)(H,29,32). The van der Waals surface area contributed by atoms with Crippen molar-refractivity contribution < 1.29 is 14.3 Å². The minimum atomic E-state index is -0.165. The van der Waals surface area contributed by atoms with E-state index in [0.29, 0.717) is 30.8 Å². The zero-order valence-corrected chi connectivity index (χ0v) is 19.4. The number of aromatic nitrogens is 2. The summed E-state index contributed by atoms with van der Waals surface area (Å²) in [7, 11) is 1.66. The number of imidazole rings is 1. The molecule has 1 aliphatic heterocycles. The summed E-state index contributed by atoms with van der Waals surface area (Å²) in [6, 6.07) is 15.1. The highest BCUT2D eigenvalue weighted by Crippen LogP contribution is 2.27. The average Bonchev–Trinajstić information content (AvgIpc) is 3.58.